The quantitative estimate of drug-likeness (QED) is 0.906. The number of aromatic nitrogens is 2. The van der Waals surface area contributed by atoms with Gasteiger partial charge in [0.2, 0.25) is 5.91 Å². The van der Waals surface area contributed by atoms with E-state index in [1.807, 2.05) is 0 Å². The Bertz CT molecular complexity index is 715. The van der Waals surface area contributed by atoms with Crippen molar-refractivity contribution in [3.63, 3.8) is 0 Å². The fourth-order valence-corrected chi connectivity index (χ4v) is 3.40. The molecule has 3 rings (SSSR count). The van der Waals surface area contributed by atoms with Gasteiger partial charge in [0.1, 0.15) is 11.9 Å². The smallest absolute Gasteiger partial charge is 0.226 e. The van der Waals surface area contributed by atoms with Gasteiger partial charge < -0.3 is 10.0 Å². The summed E-state index contributed by atoms with van der Waals surface area (Å²) in [5.74, 6) is -0.0553. The van der Waals surface area contributed by atoms with Crippen LogP contribution >= 0.6 is 0 Å². The molecule has 1 aliphatic carbocycles. The molecule has 0 unspecified atom stereocenters. The number of aliphatic hydroxyl groups is 1. The van der Waals surface area contributed by atoms with Crippen LogP contribution < -0.4 is 0 Å². The summed E-state index contributed by atoms with van der Waals surface area (Å²) >= 11 is 0. The van der Waals surface area contributed by atoms with Gasteiger partial charge in [-0.1, -0.05) is 25.0 Å². The monoisotopic (exact) mass is 343 g/mol. The second-order valence-corrected chi connectivity index (χ2v) is 6.67. The minimum absolute atomic E-state index is 0.0774. The Balaban J connectivity index is 1.88. The maximum atomic E-state index is 13.3. The maximum absolute atomic E-state index is 13.3. The van der Waals surface area contributed by atoms with E-state index in [9.17, 15) is 14.3 Å². The van der Waals surface area contributed by atoms with Gasteiger partial charge in [0.05, 0.1) is 12.0 Å². The molecule has 1 aliphatic rings. The highest BCUT2D eigenvalue weighted by Crippen LogP contribution is 2.34. The third-order valence-corrected chi connectivity index (χ3v) is 4.81. The molecule has 132 valence electrons. The van der Waals surface area contributed by atoms with E-state index in [1.165, 1.54) is 12.1 Å². The summed E-state index contributed by atoms with van der Waals surface area (Å²) in [5, 5.41) is 10.5. The lowest BCUT2D eigenvalue weighted by molar-refractivity contribution is -0.136. The second-order valence-electron chi connectivity index (χ2n) is 6.67. The zero-order chi connectivity index (χ0) is 17.9. The van der Waals surface area contributed by atoms with Crippen LogP contribution in [0.25, 0.3) is 0 Å². The predicted molar refractivity (Wildman–Crippen MR) is 91.1 cm³/mol. The molecule has 0 bridgehead atoms. The predicted octanol–water partition coefficient (Wildman–Crippen LogP) is 2.86. The Morgan fingerprint density at radius 2 is 1.84 bits per heavy atom. The van der Waals surface area contributed by atoms with Crippen molar-refractivity contribution in [3.05, 3.63) is 59.9 Å². The van der Waals surface area contributed by atoms with Crippen LogP contribution in [-0.2, 0) is 4.79 Å². The van der Waals surface area contributed by atoms with E-state index < -0.39 is 11.6 Å². The molecule has 0 saturated heterocycles. The van der Waals surface area contributed by atoms with Crippen molar-refractivity contribution < 1.29 is 14.3 Å². The van der Waals surface area contributed by atoms with Crippen molar-refractivity contribution in [2.75, 3.05) is 7.05 Å². The molecule has 0 radical (unpaired) electrons. The summed E-state index contributed by atoms with van der Waals surface area (Å²) in [4.78, 5) is 22.9. The zero-order valence-electron chi connectivity index (χ0n) is 14.2. The Morgan fingerprint density at radius 3 is 2.44 bits per heavy atom. The van der Waals surface area contributed by atoms with Crippen molar-refractivity contribution in [1.29, 1.82) is 0 Å². The molecule has 0 aliphatic heterocycles. The average molecular weight is 343 g/mol. The molecule has 25 heavy (non-hydrogen) atoms. The van der Waals surface area contributed by atoms with Crippen molar-refractivity contribution in [3.8, 4) is 0 Å². The van der Waals surface area contributed by atoms with E-state index in [0.717, 1.165) is 18.4 Å². The Labute approximate surface area is 146 Å². The summed E-state index contributed by atoms with van der Waals surface area (Å²) in [6.07, 6.45) is 6.48. The van der Waals surface area contributed by atoms with Crippen molar-refractivity contribution in [2.45, 2.75) is 43.7 Å². The highest BCUT2D eigenvalue weighted by atomic mass is 19.1. The first kappa shape index (κ1) is 17.5. The van der Waals surface area contributed by atoms with Crippen LogP contribution in [-0.4, -0.2) is 38.5 Å². The highest BCUT2D eigenvalue weighted by Gasteiger charge is 2.36. The van der Waals surface area contributed by atoms with Crippen molar-refractivity contribution in [2.24, 2.45) is 0 Å². The number of carbonyl (C=O) groups is 1. The summed E-state index contributed by atoms with van der Waals surface area (Å²) in [6.45, 7) is 0. The fraction of sp³-hybridized carbons (Fsp3) is 0.421. The number of amides is 1. The number of benzene rings is 1. The Morgan fingerprint density at radius 1 is 1.24 bits per heavy atom. The van der Waals surface area contributed by atoms with Gasteiger partial charge in [0.25, 0.3) is 0 Å². The van der Waals surface area contributed by atoms with Crippen LogP contribution in [0, 0.1) is 5.82 Å². The fourth-order valence-electron chi connectivity index (χ4n) is 3.40. The molecular formula is C19H22FN3O2. The molecule has 1 aromatic carbocycles. The van der Waals surface area contributed by atoms with Gasteiger partial charge in [-0.25, -0.2) is 14.4 Å². The number of halogens is 1. The maximum Gasteiger partial charge on any atom is 0.226 e. The van der Waals surface area contributed by atoms with Gasteiger partial charge in [0.15, 0.2) is 5.82 Å². The molecule has 1 saturated carbocycles. The Hall–Kier alpha value is -2.34. The van der Waals surface area contributed by atoms with Crippen LogP contribution in [0.15, 0.2) is 42.7 Å². The summed E-state index contributed by atoms with van der Waals surface area (Å²) in [6, 6.07) is 7.14. The second kappa shape index (κ2) is 7.27. The van der Waals surface area contributed by atoms with Gasteiger partial charge in [-0.3, -0.25) is 4.79 Å². The van der Waals surface area contributed by atoms with Crippen molar-refractivity contribution in [1.82, 2.24) is 14.9 Å². The lowest BCUT2D eigenvalue weighted by Crippen LogP contribution is -2.38. The van der Waals surface area contributed by atoms with Crippen molar-refractivity contribution >= 4 is 5.91 Å². The number of nitrogens with zero attached hydrogens (tertiary/aromatic N) is 3. The third-order valence-electron chi connectivity index (χ3n) is 4.81. The first-order valence-electron chi connectivity index (χ1n) is 8.49. The van der Waals surface area contributed by atoms with E-state index in [1.54, 1.807) is 42.5 Å². The molecule has 1 N–H and O–H groups in total. The standard InChI is InChI=1S/C19H22FN3O2/c1-23(16(24)13-19(25)9-2-3-10-19)17(18-21-11-4-12-22-18)14-5-7-15(20)8-6-14/h4-8,11-12,17,25H,2-3,9-10,13H2,1H3/t17-/m1/s1. The minimum Gasteiger partial charge on any atom is -0.389 e. The SMILES string of the molecule is CN(C(=O)CC1(O)CCCC1)[C@H](c1ccc(F)cc1)c1ncccn1. The van der Waals surface area contributed by atoms with Gasteiger partial charge in [0, 0.05) is 19.4 Å². The van der Waals surface area contributed by atoms with Gasteiger partial charge in [-0.15, -0.1) is 0 Å². The van der Waals surface area contributed by atoms with Crippen LogP contribution in [0.3, 0.4) is 0 Å². The van der Waals surface area contributed by atoms with Gasteiger partial charge in [-0.2, -0.15) is 0 Å². The Kier molecular flexibility index (Phi) is 5.08. The lowest BCUT2D eigenvalue weighted by Gasteiger charge is -2.30. The topological polar surface area (TPSA) is 66.3 Å². The molecule has 6 heteroatoms. The minimum atomic E-state index is -0.920. The first-order chi connectivity index (χ1) is 12.0. The molecule has 1 heterocycles. The molecule has 0 spiro atoms. The van der Waals surface area contributed by atoms with Gasteiger partial charge in [-0.05, 0) is 36.6 Å². The molecule has 5 nitrogen and oxygen atoms in total. The highest BCUT2D eigenvalue weighted by molar-refractivity contribution is 5.78. The van der Waals surface area contributed by atoms with Crippen LogP contribution in [0.1, 0.15) is 49.5 Å². The zero-order valence-corrected chi connectivity index (χ0v) is 14.2. The molecule has 1 atom stereocenters. The van der Waals surface area contributed by atoms with Crippen LogP contribution in [0.2, 0.25) is 0 Å². The number of rotatable bonds is 5. The van der Waals surface area contributed by atoms with E-state index in [4.69, 9.17) is 0 Å². The summed E-state index contributed by atoms with van der Waals surface area (Å²) < 4.78 is 13.3. The van der Waals surface area contributed by atoms with E-state index in [-0.39, 0.29) is 18.1 Å². The molecule has 1 fully saturated rings. The third kappa shape index (κ3) is 4.02. The summed E-state index contributed by atoms with van der Waals surface area (Å²) in [7, 11) is 1.67. The van der Waals surface area contributed by atoms with Crippen LogP contribution in [0.5, 0.6) is 0 Å². The normalized spacial score (nSPS) is 17.2. The van der Waals surface area contributed by atoms with E-state index in [0.29, 0.717) is 18.7 Å². The van der Waals surface area contributed by atoms with Gasteiger partial charge >= 0.3 is 0 Å². The molecular weight excluding hydrogens is 321 g/mol. The average Bonchev–Trinajstić information content (AvgIpc) is 3.04. The number of carbonyl (C=O) groups excluding carboxylic acids is 1. The molecule has 2 aromatic rings. The van der Waals surface area contributed by atoms with E-state index in [2.05, 4.69) is 9.97 Å². The lowest BCUT2D eigenvalue weighted by atomic mass is 9.96. The van der Waals surface area contributed by atoms with Crippen LogP contribution in [0.4, 0.5) is 4.39 Å². The summed E-state index contributed by atoms with van der Waals surface area (Å²) in [5.41, 5.74) is -0.196. The molecule has 1 aromatic heterocycles. The first-order valence-corrected chi connectivity index (χ1v) is 8.49. The molecule has 1 amide bonds. The van der Waals surface area contributed by atoms with E-state index >= 15 is 0 Å². The largest absolute Gasteiger partial charge is 0.389 e. The number of hydrogen-bond donors (Lipinski definition) is 1. The number of hydrogen-bond acceptors (Lipinski definition) is 4.